The third kappa shape index (κ3) is 5.43. The Balaban J connectivity index is 1.43. The molecular weight excluding hydrogens is 438 g/mol. The number of rotatable bonds is 6. The van der Waals surface area contributed by atoms with Crippen molar-refractivity contribution in [3.8, 4) is 0 Å². The second kappa shape index (κ2) is 9.13. The number of amides is 1. The van der Waals surface area contributed by atoms with Crippen LogP contribution < -0.4 is 0 Å². The number of piperidine rings is 1. The van der Waals surface area contributed by atoms with E-state index in [1.54, 1.807) is 0 Å². The molecule has 7 heteroatoms. The number of aryl methyl sites for hydroxylation is 1. The summed E-state index contributed by atoms with van der Waals surface area (Å²) >= 11 is 6.38. The number of likely N-dealkylation sites (tertiary alicyclic amines) is 1. The van der Waals surface area contributed by atoms with Crippen molar-refractivity contribution in [1.82, 2.24) is 4.90 Å². The molecule has 2 atom stereocenters. The van der Waals surface area contributed by atoms with Crippen molar-refractivity contribution in [2.24, 2.45) is 21.3 Å². The molecule has 0 N–H and O–H groups in total. The molecule has 4 rings (SSSR count). The van der Waals surface area contributed by atoms with Crippen molar-refractivity contribution >= 4 is 35.0 Å². The second-order valence-electron chi connectivity index (χ2n) is 10.1. The van der Waals surface area contributed by atoms with Gasteiger partial charge >= 0.3 is 6.09 Å². The average molecular weight is 472 g/mol. The number of benzene rings is 1. The van der Waals surface area contributed by atoms with E-state index in [1.807, 2.05) is 50.8 Å². The number of hydrogen-bond acceptors (Lipinski definition) is 5. The van der Waals surface area contributed by atoms with Gasteiger partial charge in [0.25, 0.3) is 0 Å². The lowest BCUT2D eigenvalue weighted by Gasteiger charge is -2.39. The molecule has 2 aliphatic carbocycles. The minimum absolute atomic E-state index is 0.00924. The number of nitrogens with zero attached hydrogens (tertiary/aromatic N) is 3. The topological polar surface area (TPSA) is 63.5 Å². The lowest BCUT2D eigenvalue weighted by Crippen LogP contribution is -2.50. The molecule has 3 aliphatic rings. The molecule has 2 unspecified atom stereocenters. The van der Waals surface area contributed by atoms with Gasteiger partial charge in [0.15, 0.2) is 5.90 Å². The van der Waals surface area contributed by atoms with Gasteiger partial charge in [-0.05, 0) is 71.1 Å². The first-order valence-corrected chi connectivity index (χ1v) is 12.2. The van der Waals surface area contributed by atoms with E-state index < -0.39 is 0 Å². The maximum Gasteiger partial charge on any atom is 0.410 e. The van der Waals surface area contributed by atoms with Crippen LogP contribution in [0, 0.1) is 18.3 Å². The third-order valence-corrected chi connectivity index (χ3v) is 7.47. The van der Waals surface area contributed by atoms with Crippen LogP contribution in [0.15, 0.2) is 41.0 Å². The average Bonchev–Trinajstić information content (AvgIpc) is 3.69. The Morgan fingerprint density at radius 3 is 2.67 bits per heavy atom. The van der Waals surface area contributed by atoms with Crippen LogP contribution in [0.3, 0.4) is 0 Å². The van der Waals surface area contributed by atoms with E-state index in [4.69, 9.17) is 26.1 Å². The molecule has 1 saturated heterocycles. The highest BCUT2D eigenvalue weighted by molar-refractivity contribution is 6.33. The summed E-state index contributed by atoms with van der Waals surface area (Å²) < 4.78 is 12.2. The first kappa shape index (κ1) is 23.8. The fourth-order valence-electron chi connectivity index (χ4n) is 4.32. The van der Waals surface area contributed by atoms with Crippen LogP contribution in [-0.2, 0) is 9.47 Å². The predicted octanol–water partition coefficient (Wildman–Crippen LogP) is 6.48. The maximum absolute atomic E-state index is 12.6. The number of ether oxygens (including phenoxy) is 2. The molecule has 178 valence electrons. The number of aliphatic imine (C=N–C) groups is 2. The number of carbonyl (C=O) groups is 1. The summed E-state index contributed by atoms with van der Waals surface area (Å²) in [5.41, 5.74) is 2.43. The Morgan fingerprint density at radius 1 is 1.33 bits per heavy atom. The molecule has 33 heavy (non-hydrogen) atoms. The van der Waals surface area contributed by atoms with Gasteiger partial charge < -0.3 is 14.4 Å². The van der Waals surface area contributed by atoms with E-state index in [2.05, 4.69) is 11.6 Å². The monoisotopic (exact) mass is 471 g/mol. The van der Waals surface area contributed by atoms with Crippen molar-refractivity contribution in [3.63, 3.8) is 0 Å². The molecule has 6 nitrogen and oxygen atoms in total. The summed E-state index contributed by atoms with van der Waals surface area (Å²) in [6, 6.07) is 5.83. The Kier molecular flexibility index (Phi) is 6.59. The smallest absolute Gasteiger partial charge is 0.410 e. The molecule has 1 aromatic rings. The fraction of sp³-hybridized carbons (Fsp3) is 0.577. The first-order chi connectivity index (χ1) is 15.6. The van der Waals surface area contributed by atoms with Crippen LogP contribution >= 0.6 is 11.6 Å². The van der Waals surface area contributed by atoms with Crippen LogP contribution in [0.4, 0.5) is 10.5 Å². The Labute approximate surface area is 201 Å². The highest BCUT2D eigenvalue weighted by Gasteiger charge is 2.56. The molecule has 0 bridgehead atoms. The van der Waals surface area contributed by atoms with E-state index in [1.165, 1.54) is 6.20 Å². The first-order valence-electron chi connectivity index (χ1n) is 11.8. The Morgan fingerprint density at radius 2 is 2.06 bits per heavy atom. The summed E-state index contributed by atoms with van der Waals surface area (Å²) in [6.45, 7) is 13.1. The Hall–Kier alpha value is -2.34. The van der Waals surface area contributed by atoms with E-state index in [9.17, 15) is 4.79 Å². The van der Waals surface area contributed by atoms with Gasteiger partial charge in [0, 0.05) is 36.8 Å². The molecule has 0 radical (unpaired) electrons. The molecule has 1 spiro atoms. The van der Waals surface area contributed by atoms with Gasteiger partial charge in [-0.15, -0.1) is 0 Å². The summed E-state index contributed by atoms with van der Waals surface area (Å²) in [4.78, 5) is 23.7. The molecule has 1 aliphatic heterocycles. The highest BCUT2D eigenvalue weighted by atomic mass is 35.5. The van der Waals surface area contributed by atoms with Gasteiger partial charge in [-0.2, -0.15) is 0 Å². The largest absolute Gasteiger partial charge is 0.476 e. The minimum Gasteiger partial charge on any atom is -0.476 e. The van der Waals surface area contributed by atoms with Crippen LogP contribution in [-0.4, -0.2) is 47.4 Å². The van der Waals surface area contributed by atoms with Crippen molar-refractivity contribution in [2.75, 3.05) is 13.1 Å². The van der Waals surface area contributed by atoms with Crippen molar-refractivity contribution in [1.29, 1.82) is 0 Å². The van der Waals surface area contributed by atoms with E-state index in [0.29, 0.717) is 24.0 Å². The number of hydrogen-bond donors (Lipinski definition) is 0. The van der Waals surface area contributed by atoms with Gasteiger partial charge in [0.1, 0.15) is 11.7 Å². The van der Waals surface area contributed by atoms with Crippen molar-refractivity contribution in [2.45, 2.75) is 71.5 Å². The van der Waals surface area contributed by atoms with Crippen LogP contribution in [0.2, 0.25) is 5.02 Å². The molecule has 1 heterocycles. The fourth-order valence-corrected chi connectivity index (χ4v) is 4.60. The lowest BCUT2D eigenvalue weighted by molar-refractivity contribution is 0.00114. The summed E-state index contributed by atoms with van der Waals surface area (Å²) in [5.74, 6) is 0.473. The second-order valence-corrected chi connectivity index (χ2v) is 10.5. The van der Waals surface area contributed by atoms with Crippen LogP contribution in [0.5, 0.6) is 0 Å². The van der Waals surface area contributed by atoms with E-state index in [-0.39, 0.29) is 29.1 Å². The normalized spacial score (nSPS) is 24.3. The Bertz CT molecular complexity index is 994. The van der Waals surface area contributed by atoms with Gasteiger partial charge in [-0.25, -0.2) is 9.79 Å². The molecule has 1 amide bonds. The van der Waals surface area contributed by atoms with E-state index in [0.717, 1.165) is 49.1 Å². The standard InChI is InChI=1S/C26H34ClN3O3/c1-6-28-23(18(3)19(4)29-21-8-7-17(2)15-20(21)27)32-22-9-14-30(16-26(22)12-13-26)24(31)33-25(5)10-11-25/h6-8,15,18,22H,1,9-14,16H2,2-5H3. The van der Waals surface area contributed by atoms with Gasteiger partial charge in [-0.3, -0.25) is 4.99 Å². The zero-order chi connectivity index (χ0) is 23.8. The quantitative estimate of drug-likeness (QED) is 0.352. The minimum atomic E-state index is -0.252. The summed E-state index contributed by atoms with van der Waals surface area (Å²) in [6.07, 6.45) is 6.09. The van der Waals surface area contributed by atoms with Crippen molar-refractivity contribution < 1.29 is 14.3 Å². The van der Waals surface area contributed by atoms with Crippen LogP contribution in [0.25, 0.3) is 0 Å². The zero-order valence-electron chi connectivity index (χ0n) is 20.1. The highest BCUT2D eigenvalue weighted by Crippen LogP contribution is 2.54. The molecule has 1 aromatic carbocycles. The summed E-state index contributed by atoms with van der Waals surface area (Å²) in [7, 11) is 0. The molecule has 2 saturated carbocycles. The van der Waals surface area contributed by atoms with Gasteiger partial charge in [0.05, 0.1) is 16.6 Å². The third-order valence-electron chi connectivity index (χ3n) is 7.17. The maximum atomic E-state index is 12.6. The molecular formula is C26H34ClN3O3. The van der Waals surface area contributed by atoms with Gasteiger partial charge in [0.2, 0.25) is 0 Å². The predicted molar refractivity (Wildman–Crippen MR) is 133 cm³/mol. The van der Waals surface area contributed by atoms with Gasteiger partial charge in [-0.1, -0.05) is 24.2 Å². The van der Waals surface area contributed by atoms with E-state index >= 15 is 0 Å². The zero-order valence-corrected chi connectivity index (χ0v) is 20.8. The summed E-state index contributed by atoms with van der Waals surface area (Å²) in [5, 5.41) is 0.626. The molecule has 3 fully saturated rings. The van der Waals surface area contributed by atoms with Crippen LogP contribution in [0.1, 0.15) is 58.4 Å². The lowest BCUT2D eigenvalue weighted by atomic mass is 9.91. The molecule has 0 aromatic heterocycles. The number of carbonyl (C=O) groups excluding carboxylic acids is 1. The number of halogens is 1. The SMILES string of the molecule is C=CN=C(OC1CCN(C(=O)OC2(C)CC2)CC12CC2)C(C)C(C)=Nc1ccc(C)cc1Cl. The van der Waals surface area contributed by atoms with Crippen molar-refractivity contribution in [3.05, 3.63) is 41.6 Å².